The monoisotopic (exact) mass is 362 g/mol. The molecule has 2 amide bonds. The zero-order chi connectivity index (χ0) is 19.4. The Morgan fingerprint density at radius 3 is 2.70 bits per heavy atom. The average molecular weight is 362 g/mol. The first-order chi connectivity index (χ1) is 13.1. The number of hydrogen-bond acceptors (Lipinski definition) is 3. The van der Waals surface area contributed by atoms with E-state index in [4.69, 9.17) is 4.74 Å². The van der Waals surface area contributed by atoms with Gasteiger partial charge in [-0.25, -0.2) is 4.79 Å². The maximum Gasteiger partial charge on any atom is 0.319 e. The molecule has 1 heterocycles. The van der Waals surface area contributed by atoms with Crippen LogP contribution in [0.25, 0.3) is 22.2 Å². The quantitative estimate of drug-likeness (QED) is 0.708. The Bertz CT molecular complexity index is 1030. The van der Waals surface area contributed by atoms with Gasteiger partial charge in [0.25, 0.3) is 0 Å². The molecule has 6 heteroatoms. The van der Waals surface area contributed by atoms with E-state index < -0.39 is 0 Å². The highest BCUT2D eigenvalue weighted by Gasteiger charge is 2.19. The Hall–Kier alpha value is -3.46. The predicted molar refractivity (Wildman–Crippen MR) is 107 cm³/mol. The fraction of sp³-hybridized carbons (Fsp3) is 0.238. The maximum atomic E-state index is 11.8. The maximum absolute atomic E-state index is 11.8. The Kier molecular flexibility index (Phi) is 5.32. The van der Waals surface area contributed by atoms with Crippen molar-refractivity contribution in [1.29, 1.82) is 5.26 Å². The number of fused-ring (bicyclic) bond motifs is 1. The SMILES string of the molecule is CCNC(=O)Nc1cccc(-c2c(C#N)c3ccc(OC)cc3n2CC)c1. The smallest absolute Gasteiger partial charge is 0.319 e. The van der Waals surface area contributed by atoms with E-state index in [-0.39, 0.29) is 6.03 Å². The number of carbonyl (C=O) groups is 1. The third-order valence-corrected chi connectivity index (χ3v) is 4.43. The van der Waals surface area contributed by atoms with E-state index in [9.17, 15) is 10.1 Å². The number of urea groups is 1. The van der Waals surface area contributed by atoms with Gasteiger partial charge in [-0.2, -0.15) is 5.26 Å². The summed E-state index contributed by atoms with van der Waals surface area (Å²) in [4.78, 5) is 11.8. The fourth-order valence-corrected chi connectivity index (χ4v) is 3.28. The number of nitriles is 1. The van der Waals surface area contributed by atoms with Gasteiger partial charge in [0.1, 0.15) is 11.8 Å². The first-order valence-corrected chi connectivity index (χ1v) is 8.88. The summed E-state index contributed by atoms with van der Waals surface area (Å²) in [5.41, 5.74) is 3.95. The van der Waals surface area contributed by atoms with Crippen LogP contribution >= 0.6 is 0 Å². The molecule has 2 aromatic carbocycles. The van der Waals surface area contributed by atoms with Crippen LogP contribution in [0.15, 0.2) is 42.5 Å². The normalized spacial score (nSPS) is 10.4. The van der Waals surface area contributed by atoms with Crippen LogP contribution in [-0.4, -0.2) is 24.3 Å². The van der Waals surface area contributed by atoms with E-state index in [1.807, 2.05) is 56.3 Å². The Morgan fingerprint density at radius 2 is 2.04 bits per heavy atom. The van der Waals surface area contributed by atoms with Crippen molar-refractivity contribution in [2.45, 2.75) is 20.4 Å². The Morgan fingerprint density at radius 1 is 1.22 bits per heavy atom. The molecule has 0 unspecified atom stereocenters. The number of benzene rings is 2. The molecule has 0 spiro atoms. The number of nitrogens with one attached hydrogen (secondary N) is 2. The second-order valence-electron chi connectivity index (χ2n) is 6.03. The minimum atomic E-state index is -0.254. The van der Waals surface area contributed by atoms with Crippen molar-refractivity contribution in [3.05, 3.63) is 48.0 Å². The molecule has 0 saturated carbocycles. The number of hydrogen-bond donors (Lipinski definition) is 2. The Balaban J connectivity index is 2.16. The molecule has 2 N–H and O–H groups in total. The second kappa shape index (κ2) is 7.83. The van der Waals surface area contributed by atoms with Gasteiger partial charge in [-0.1, -0.05) is 12.1 Å². The molecule has 138 valence electrons. The standard InChI is InChI=1S/C21H22N4O2/c1-4-23-21(26)24-15-8-6-7-14(11-15)20-18(13-22)17-10-9-16(27-3)12-19(17)25(20)5-2/h6-12H,4-5H2,1-3H3,(H2,23,24,26). The lowest BCUT2D eigenvalue weighted by Crippen LogP contribution is -2.28. The number of carbonyl (C=O) groups excluding carboxylic acids is 1. The number of aromatic nitrogens is 1. The van der Waals surface area contributed by atoms with Crippen molar-refractivity contribution in [3.63, 3.8) is 0 Å². The summed E-state index contributed by atoms with van der Waals surface area (Å²) < 4.78 is 7.44. The van der Waals surface area contributed by atoms with Crippen molar-refractivity contribution in [1.82, 2.24) is 9.88 Å². The zero-order valence-corrected chi connectivity index (χ0v) is 15.7. The summed E-state index contributed by atoms with van der Waals surface area (Å²) >= 11 is 0. The molecule has 3 aromatic rings. The summed E-state index contributed by atoms with van der Waals surface area (Å²) in [7, 11) is 1.63. The highest BCUT2D eigenvalue weighted by atomic mass is 16.5. The third-order valence-electron chi connectivity index (χ3n) is 4.43. The molecule has 1 aromatic heterocycles. The summed E-state index contributed by atoms with van der Waals surface area (Å²) in [6, 6.07) is 15.3. The second-order valence-corrected chi connectivity index (χ2v) is 6.03. The van der Waals surface area contributed by atoms with Crippen molar-refractivity contribution in [2.24, 2.45) is 0 Å². The van der Waals surface area contributed by atoms with Gasteiger partial charge in [-0.3, -0.25) is 0 Å². The molecule has 0 bridgehead atoms. The van der Waals surface area contributed by atoms with Crippen LogP contribution in [-0.2, 0) is 6.54 Å². The van der Waals surface area contributed by atoms with Gasteiger partial charge < -0.3 is 19.9 Å². The number of nitrogens with zero attached hydrogens (tertiary/aromatic N) is 2. The van der Waals surface area contributed by atoms with Crippen molar-refractivity contribution < 1.29 is 9.53 Å². The number of ether oxygens (including phenoxy) is 1. The number of amides is 2. The fourth-order valence-electron chi connectivity index (χ4n) is 3.28. The molecule has 0 radical (unpaired) electrons. The molecule has 27 heavy (non-hydrogen) atoms. The molecule has 0 saturated heterocycles. The van der Waals surface area contributed by atoms with E-state index >= 15 is 0 Å². The highest BCUT2D eigenvalue weighted by molar-refractivity contribution is 5.96. The molecule has 0 aliphatic heterocycles. The number of anilines is 1. The predicted octanol–water partition coefficient (Wildman–Crippen LogP) is 4.35. The molecule has 0 aliphatic carbocycles. The summed E-state index contributed by atoms with van der Waals surface area (Å²) in [5.74, 6) is 0.748. The number of aryl methyl sites for hydroxylation is 1. The van der Waals surface area contributed by atoms with E-state index in [1.54, 1.807) is 7.11 Å². The van der Waals surface area contributed by atoms with Crippen LogP contribution in [0.1, 0.15) is 19.4 Å². The number of methoxy groups -OCH3 is 1. The lowest BCUT2D eigenvalue weighted by molar-refractivity contribution is 0.252. The van der Waals surface area contributed by atoms with Crippen molar-refractivity contribution in [2.75, 3.05) is 19.0 Å². The van der Waals surface area contributed by atoms with Gasteiger partial charge in [0.05, 0.1) is 23.9 Å². The minimum absolute atomic E-state index is 0.254. The van der Waals surface area contributed by atoms with Gasteiger partial charge >= 0.3 is 6.03 Å². The van der Waals surface area contributed by atoms with Crippen LogP contribution in [0, 0.1) is 11.3 Å². The van der Waals surface area contributed by atoms with Crippen LogP contribution in [0.3, 0.4) is 0 Å². The van der Waals surface area contributed by atoms with Gasteiger partial charge in [0.15, 0.2) is 0 Å². The van der Waals surface area contributed by atoms with Crippen LogP contribution in [0.4, 0.5) is 10.5 Å². The molecule has 0 aliphatic rings. The first kappa shape index (κ1) is 18.3. The van der Waals surface area contributed by atoms with Crippen molar-refractivity contribution >= 4 is 22.6 Å². The van der Waals surface area contributed by atoms with Gasteiger partial charge in [0.2, 0.25) is 0 Å². The van der Waals surface area contributed by atoms with Gasteiger partial charge in [0, 0.05) is 35.8 Å². The molecule has 0 fully saturated rings. The van der Waals surface area contributed by atoms with Crippen molar-refractivity contribution in [3.8, 4) is 23.1 Å². The summed E-state index contributed by atoms with van der Waals surface area (Å²) in [6.07, 6.45) is 0. The largest absolute Gasteiger partial charge is 0.497 e. The van der Waals surface area contributed by atoms with E-state index in [2.05, 4.69) is 21.3 Å². The van der Waals surface area contributed by atoms with E-state index in [1.165, 1.54) is 0 Å². The van der Waals surface area contributed by atoms with E-state index in [0.717, 1.165) is 27.9 Å². The third kappa shape index (κ3) is 3.44. The first-order valence-electron chi connectivity index (χ1n) is 8.88. The zero-order valence-electron chi connectivity index (χ0n) is 15.7. The molecule has 6 nitrogen and oxygen atoms in total. The molecular weight excluding hydrogens is 340 g/mol. The summed E-state index contributed by atoms with van der Waals surface area (Å²) in [5, 5.41) is 16.2. The van der Waals surface area contributed by atoms with Crippen LogP contribution < -0.4 is 15.4 Å². The van der Waals surface area contributed by atoms with Gasteiger partial charge in [-0.05, 0) is 38.1 Å². The average Bonchev–Trinajstić information content (AvgIpc) is 3.00. The summed E-state index contributed by atoms with van der Waals surface area (Å²) in [6.45, 7) is 5.16. The van der Waals surface area contributed by atoms with Crippen LogP contribution in [0.5, 0.6) is 5.75 Å². The van der Waals surface area contributed by atoms with E-state index in [0.29, 0.717) is 24.3 Å². The Labute approximate surface area is 158 Å². The number of rotatable bonds is 5. The minimum Gasteiger partial charge on any atom is -0.497 e. The lowest BCUT2D eigenvalue weighted by atomic mass is 10.1. The van der Waals surface area contributed by atoms with Crippen LogP contribution in [0.2, 0.25) is 0 Å². The highest BCUT2D eigenvalue weighted by Crippen LogP contribution is 2.36. The lowest BCUT2D eigenvalue weighted by Gasteiger charge is -2.11. The molecular formula is C21H22N4O2. The molecule has 3 rings (SSSR count). The van der Waals surface area contributed by atoms with Gasteiger partial charge in [-0.15, -0.1) is 0 Å². The topological polar surface area (TPSA) is 79.1 Å². The molecule has 0 atom stereocenters.